The van der Waals surface area contributed by atoms with Crippen molar-refractivity contribution in [2.45, 2.75) is 39.2 Å². The van der Waals surface area contributed by atoms with Crippen LogP contribution in [0.4, 0.5) is 0 Å². The minimum absolute atomic E-state index is 0.124. The van der Waals surface area contributed by atoms with Crippen LogP contribution in [0.1, 0.15) is 32.3 Å². The summed E-state index contributed by atoms with van der Waals surface area (Å²) >= 11 is 11.2. The predicted molar refractivity (Wildman–Crippen MR) is 114 cm³/mol. The number of amides is 2. The van der Waals surface area contributed by atoms with Gasteiger partial charge in [0.2, 0.25) is 11.8 Å². The number of esters is 1. The normalized spacial score (nSPS) is 16.3. The highest BCUT2D eigenvalue weighted by Crippen LogP contribution is 2.12. The molecule has 1 unspecified atom stereocenters. The molecule has 1 saturated heterocycles. The molecule has 0 radical (unpaired) electrons. The number of piperazine rings is 1. The van der Waals surface area contributed by atoms with Gasteiger partial charge in [-0.15, -0.1) is 0 Å². The number of benzene rings is 1. The second kappa shape index (κ2) is 11.1. The van der Waals surface area contributed by atoms with E-state index in [2.05, 4.69) is 10.6 Å². The highest BCUT2D eigenvalue weighted by atomic mass is 35.5. The molecule has 1 aromatic rings. The lowest BCUT2D eigenvalue weighted by atomic mass is 10.1. The molecular formula is C20H26ClN3O4S. The van der Waals surface area contributed by atoms with E-state index in [1.54, 1.807) is 29.2 Å². The molecule has 0 bridgehead atoms. The number of thiocarbonyl (C=S) groups is 1. The molecular weight excluding hydrogens is 414 g/mol. The standard InChI is InChI=1S/C20H26ClN3O4S/c1-13(2)7-10-28-18(26)12-16-19(27)22-8-9-24(16)20(29)23-17(25)11-14-3-5-15(21)6-4-14/h3-6,13,16H,7-12H2,1-2H3,(H,22,27)(H,23,25,29). The average molecular weight is 440 g/mol. The number of halogens is 1. The molecule has 2 amide bonds. The Morgan fingerprint density at radius 3 is 2.69 bits per heavy atom. The van der Waals surface area contributed by atoms with E-state index in [4.69, 9.17) is 28.6 Å². The average Bonchev–Trinajstić information content (AvgIpc) is 2.64. The molecule has 0 aliphatic carbocycles. The van der Waals surface area contributed by atoms with Gasteiger partial charge in [-0.25, -0.2) is 0 Å². The summed E-state index contributed by atoms with van der Waals surface area (Å²) in [5.41, 5.74) is 0.788. The maximum atomic E-state index is 12.3. The van der Waals surface area contributed by atoms with Crippen LogP contribution in [0.15, 0.2) is 24.3 Å². The van der Waals surface area contributed by atoms with Crippen molar-refractivity contribution in [3.8, 4) is 0 Å². The van der Waals surface area contributed by atoms with E-state index < -0.39 is 12.0 Å². The Labute approximate surface area is 181 Å². The fourth-order valence-electron chi connectivity index (χ4n) is 2.81. The quantitative estimate of drug-likeness (QED) is 0.499. The first-order chi connectivity index (χ1) is 13.8. The van der Waals surface area contributed by atoms with Gasteiger partial charge in [0, 0.05) is 18.1 Å². The summed E-state index contributed by atoms with van der Waals surface area (Å²) in [5, 5.41) is 6.08. The zero-order chi connectivity index (χ0) is 21.4. The molecule has 1 atom stereocenters. The van der Waals surface area contributed by atoms with Crippen molar-refractivity contribution >= 4 is 46.7 Å². The number of nitrogens with one attached hydrogen (secondary N) is 2. The van der Waals surface area contributed by atoms with Crippen LogP contribution in [0.3, 0.4) is 0 Å². The fourth-order valence-corrected chi connectivity index (χ4v) is 3.27. The number of hydrogen-bond acceptors (Lipinski definition) is 5. The summed E-state index contributed by atoms with van der Waals surface area (Å²) in [6, 6.07) is 6.13. The predicted octanol–water partition coefficient (Wildman–Crippen LogP) is 2.06. The Kier molecular flexibility index (Phi) is 8.85. The van der Waals surface area contributed by atoms with Crippen LogP contribution in [0.5, 0.6) is 0 Å². The van der Waals surface area contributed by atoms with Gasteiger partial charge in [-0.1, -0.05) is 37.6 Å². The summed E-state index contributed by atoms with van der Waals surface area (Å²) in [6.07, 6.45) is 0.752. The second-order valence-corrected chi connectivity index (χ2v) is 8.09. The van der Waals surface area contributed by atoms with E-state index in [1.165, 1.54) is 0 Å². The second-order valence-electron chi connectivity index (χ2n) is 7.26. The highest BCUT2D eigenvalue weighted by molar-refractivity contribution is 7.80. The SMILES string of the molecule is CC(C)CCOC(=O)CC1C(=O)NCCN1C(=S)NC(=O)Cc1ccc(Cl)cc1. The number of hydrogen-bond donors (Lipinski definition) is 2. The van der Waals surface area contributed by atoms with Crippen LogP contribution >= 0.6 is 23.8 Å². The first-order valence-corrected chi connectivity index (χ1v) is 10.3. The van der Waals surface area contributed by atoms with Crippen molar-refractivity contribution in [2.24, 2.45) is 5.92 Å². The van der Waals surface area contributed by atoms with E-state index in [1.807, 2.05) is 13.8 Å². The van der Waals surface area contributed by atoms with Crippen molar-refractivity contribution < 1.29 is 19.1 Å². The molecule has 1 aliphatic heterocycles. The van der Waals surface area contributed by atoms with Gasteiger partial charge in [0.25, 0.3) is 0 Å². The van der Waals surface area contributed by atoms with Gasteiger partial charge in [-0.05, 0) is 42.3 Å². The first-order valence-electron chi connectivity index (χ1n) is 9.54. The van der Waals surface area contributed by atoms with Gasteiger partial charge in [0.05, 0.1) is 19.4 Å². The van der Waals surface area contributed by atoms with E-state index in [9.17, 15) is 14.4 Å². The Morgan fingerprint density at radius 2 is 2.03 bits per heavy atom. The Balaban J connectivity index is 1.92. The van der Waals surface area contributed by atoms with Gasteiger partial charge in [0.15, 0.2) is 5.11 Å². The molecule has 0 spiro atoms. The lowest BCUT2D eigenvalue weighted by molar-refractivity contribution is -0.147. The van der Waals surface area contributed by atoms with Crippen molar-refractivity contribution in [1.82, 2.24) is 15.5 Å². The minimum atomic E-state index is -0.807. The van der Waals surface area contributed by atoms with Crippen LogP contribution in [-0.4, -0.2) is 53.5 Å². The van der Waals surface area contributed by atoms with E-state index >= 15 is 0 Å². The monoisotopic (exact) mass is 439 g/mol. The van der Waals surface area contributed by atoms with E-state index in [-0.39, 0.29) is 29.8 Å². The number of rotatable bonds is 7. The van der Waals surface area contributed by atoms with Crippen LogP contribution in [-0.2, 0) is 25.5 Å². The molecule has 1 heterocycles. The van der Waals surface area contributed by atoms with E-state index in [0.717, 1.165) is 12.0 Å². The number of carbonyl (C=O) groups is 3. The molecule has 158 valence electrons. The third-order valence-corrected chi connectivity index (χ3v) is 5.02. The van der Waals surface area contributed by atoms with E-state index in [0.29, 0.717) is 30.6 Å². The van der Waals surface area contributed by atoms with Gasteiger partial charge in [0.1, 0.15) is 6.04 Å². The van der Waals surface area contributed by atoms with Crippen LogP contribution in [0.25, 0.3) is 0 Å². The molecule has 1 aliphatic rings. The van der Waals surface area contributed by atoms with Crippen LogP contribution in [0.2, 0.25) is 5.02 Å². The summed E-state index contributed by atoms with van der Waals surface area (Å²) in [5.74, 6) is -0.665. The molecule has 1 fully saturated rings. The first kappa shape index (κ1) is 23.1. The summed E-state index contributed by atoms with van der Waals surface area (Å²) < 4.78 is 5.21. The summed E-state index contributed by atoms with van der Waals surface area (Å²) in [4.78, 5) is 38.3. The Morgan fingerprint density at radius 1 is 1.34 bits per heavy atom. The van der Waals surface area contributed by atoms with Gasteiger partial charge in [-0.2, -0.15) is 0 Å². The minimum Gasteiger partial charge on any atom is -0.466 e. The van der Waals surface area contributed by atoms with Crippen molar-refractivity contribution in [3.05, 3.63) is 34.9 Å². The van der Waals surface area contributed by atoms with Gasteiger partial charge in [-0.3, -0.25) is 14.4 Å². The van der Waals surface area contributed by atoms with Gasteiger partial charge >= 0.3 is 5.97 Å². The maximum absolute atomic E-state index is 12.3. The molecule has 0 saturated carbocycles. The molecule has 2 N–H and O–H groups in total. The number of ether oxygens (including phenoxy) is 1. The zero-order valence-electron chi connectivity index (χ0n) is 16.6. The lowest BCUT2D eigenvalue weighted by Gasteiger charge is -2.36. The van der Waals surface area contributed by atoms with Gasteiger partial charge < -0.3 is 20.3 Å². The third kappa shape index (κ3) is 7.62. The Hall–Kier alpha value is -2.19. The summed E-state index contributed by atoms with van der Waals surface area (Å²) in [7, 11) is 0. The summed E-state index contributed by atoms with van der Waals surface area (Å²) in [6.45, 7) is 5.17. The van der Waals surface area contributed by atoms with Crippen LogP contribution < -0.4 is 10.6 Å². The van der Waals surface area contributed by atoms with Crippen molar-refractivity contribution in [3.63, 3.8) is 0 Å². The number of carbonyl (C=O) groups excluding carboxylic acids is 3. The lowest BCUT2D eigenvalue weighted by Crippen LogP contribution is -2.60. The van der Waals surface area contributed by atoms with Crippen molar-refractivity contribution in [1.29, 1.82) is 0 Å². The molecule has 2 rings (SSSR count). The molecule has 29 heavy (non-hydrogen) atoms. The topological polar surface area (TPSA) is 87.7 Å². The van der Waals surface area contributed by atoms with Crippen molar-refractivity contribution in [2.75, 3.05) is 19.7 Å². The molecule has 0 aromatic heterocycles. The number of nitrogens with zero attached hydrogens (tertiary/aromatic N) is 1. The fraction of sp³-hybridized carbons (Fsp3) is 0.500. The maximum Gasteiger partial charge on any atom is 0.308 e. The Bertz CT molecular complexity index is 755. The van der Waals surface area contributed by atoms with Crippen LogP contribution in [0, 0.1) is 5.92 Å². The molecule has 9 heteroatoms. The largest absolute Gasteiger partial charge is 0.466 e. The molecule has 1 aromatic carbocycles. The smallest absolute Gasteiger partial charge is 0.308 e. The zero-order valence-corrected chi connectivity index (χ0v) is 18.1. The highest BCUT2D eigenvalue weighted by Gasteiger charge is 2.34. The molecule has 7 nitrogen and oxygen atoms in total. The third-order valence-electron chi connectivity index (χ3n) is 4.43.